The van der Waals surface area contributed by atoms with Crippen LogP contribution in [-0.4, -0.2) is 67.9 Å². The molecule has 0 aromatic heterocycles. The second-order valence-electron chi connectivity index (χ2n) is 9.75. The van der Waals surface area contributed by atoms with Crippen LogP contribution in [0, 0.1) is 5.92 Å². The molecule has 7 nitrogen and oxygen atoms in total. The van der Waals surface area contributed by atoms with Crippen LogP contribution in [-0.2, 0) is 14.8 Å². The molecule has 1 saturated heterocycles. The lowest BCUT2D eigenvalue weighted by Crippen LogP contribution is -2.44. The van der Waals surface area contributed by atoms with Gasteiger partial charge in [0, 0.05) is 26.2 Å². The predicted octanol–water partition coefficient (Wildman–Crippen LogP) is 4.15. The van der Waals surface area contributed by atoms with E-state index in [0.29, 0.717) is 38.5 Å². The number of likely N-dealkylation sites (tertiary alicyclic amines) is 1. The summed E-state index contributed by atoms with van der Waals surface area (Å²) >= 11 is 0. The summed E-state index contributed by atoms with van der Waals surface area (Å²) in [6.45, 7) is 10.0. The SMILES string of the molecule is CC(Oc1ccc(C2=CCN(S(C)(=O)=O)CC2)cc1)C1CCN(C(=O)OC(C)(C)C)CC1. The molecule has 0 N–H and O–H groups in total. The van der Waals surface area contributed by atoms with E-state index in [4.69, 9.17) is 9.47 Å². The molecule has 32 heavy (non-hydrogen) atoms. The molecule has 3 rings (SSSR count). The number of carbonyl (C=O) groups excluding carboxylic acids is 1. The maximum Gasteiger partial charge on any atom is 0.410 e. The average molecular weight is 465 g/mol. The van der Waals surface area contributed by atoms with Crippen LogP contribution >= 0.6 is 0 Å². The molecule has 0 radical (unpaired) electrons. The van der Waals surface area contributed by atoms with E-state index in [1.165, 1.54) is 16.1 Å². The van der Waals surface area contributed by atoms with E-state index < -0.39 is 15.6 Å². The van der Waals surface area contributed by atoms with E-state index in [-0.39, 0.29) is 12.2 Å². The molecule has 2 aliphatic rings. The molecule has 0 bridgehead atoms. The first-order chi connectivity index (χ1) is 14.9. The number of benzene rings is 1. The average Bonchev–Trinajstić information content (AvgIpc) is 2.72. The molecule has 0 aliphatic carbocycles. The third-order valence-electron chi connectivity index (χ3n) is 6.04. The first-order valence-electron chi connectivity index (χ1n) is 11.3. The number of ether oxygens (including phenoxy) is 2. The maximum atomic E-state index is 12.2. The number of hydrogen-bond donors (Lipinski definition) is 0. The van der Waals surface area contributed by atoms with Crippen molar-refractivity contribution in [2.24, 2.45) is 5.92 Å². The topological polar surface area (TPSA) is 76.2 Å². The van der Waals surface area contributed by atoms with Crippen molar-refractivity contribution in [2.75, 3.05) is 32.4 Å². The van der Waals surface area contributed by atoms with Crippen LogP contribution in [0.4, 0.5) is 4.79 Å². The Hall–Kier alpha value is -2.06. The van der Waals surface area contributed by atoms with Gasteiger partial charge in [0.2, 0.25) is 10.0 Å². The smallest absolute Gasteiger partial charge is 0.410 e. The molecule has 0 saturated carbocycles. The van der Waals surface area contributed by atoms with Crippen LogP contribution in [0.3, 0.4) is 0 Å². The summed E-state index contributed by atoms with van der Waals surface area (Å²) in [5.74, 6) is 1.21. The van der Waals surface area contributed by atoms with Gasteiger partial charge in [0.05, 0.1) is 12.4 Å². The fourth-order valence-corrected chi connectivity index (χ4v) is 4.92. The molecule has 1 atom stereocenters. The zero-order valence-electron chi connectivity index (χ0n) is 19.8. The molecule has 178 valence electrons. The summed E-state index contributed by atoms with van der Waals surface area (Å²) in [6.07, 6.45) is 5.54. The third kappa shape index (κ3) is 6.72. The van der Waals surface area contributed by atoms with Crippen molar-refractivity contribution < 1.29 is 22.7 Å². The summed E-state index contributed by atoms with van der Waals surface area (Å²) in [5, 5.41) is 0. The monoisotopic (exact) mass is 464 g/mol. The highest BCUT2D eigenvalue weighted by Crippen LogP contribution is 2.28. The van der Waals surface area contributed by atoms with Gasteiger partial charge in [-0.1, -0.05) is 18.2 Å². The second kappa shape index (κ2) is 9.83. The first-order valence-corrected chi connectivity index (χ1v) is 13.2. The van der Waals surface area contributed by atoms with E-state index >= 15 is 0 Å². The zero-order valence-corrected chi connectivity index (χ0v) is 20.7. The van der Waals surface area contributed by atoms with Crippen molar-refractivity contribution in [1.29, 1.82) is 0 Å². The van der Waals surface area contributed by atoms with Crippen molar-refractivity contribution in [1.82, 2.24) is 9.21 Å². The van der Waals surface area contributed by atoms with Crippen molar-refractivity contribution in [3.05, 3.63) is 35.9 Å². The predicted molar refractivity (Wildman–Crippen MR) is 126 cm³/mol. The van der Waals surface area contributed by atoms with Crippen LogP contribution in [0.2, 0.25) is 0 Å². The number of hydrogen-bond acceptors (Lipinski definition) is 5. The summed E-state index contributed by atoms with van der Waals surface area (Å²) < 4.78 is 36.5. The van der Waals surface area contributed by atoms with Crippen molar-refractivity contribution in [2.45, 2.75) is 58.7 Å². The van der Waals surface area contributed by atoms with Gasteiger partial charge >= 0.3 is 6.09 Å². The van der Waals surface area contributed by atoms with Crippen LogP contribution in [0.15, 0.2) is 30.3 Å². The molecular weight excluding hydrogens is 428 g/mol. The highest BCUT2D eigenvalue weighted by atomic mass is 32.2. The largest absolute Gasteiger partial charge is 0.490 e. The lowest BCUT2D eigenvalue weighted by atomic mass is 9.92. The van der Waals surface area contributed by atoms with Crippen molar-refractivity contribution >= 4 is 21.7 Å². The van der Waals surface area contributed by atoms with Gasteiger partial charge in [-0.25, -0.2) is 13.2 Å². The molecule has 2 aliphatic heterocycles. The van der Waals surface area contributed by atoms with E-state index in [0.717, 1.165) is 24.2 Å². The number of sulfonamides is 1. The molecule has 1 fully saturated rings. The molecule has 1 aromatic rings. The quantitative estimate of drug-likeness (QED) is 0.654. The minimum absolute atomic E-state index is 0.0545. The van der Waals surface area contributed by atoms with Gasteiger partial charge in [-0.15, -0.1) is 0 Å². The fourth-order valence-electron chi connectivity index (χ4n) is 4.15. The van der Waals surface area contributed by atoms with Gasteiger partial charge < -0.3 is 14.4 Å². The fraction of sp³-hybridized carbons (Fsp3) is 0.625. The Kier molecular flexibility index (Phi) is 7.55. The molecule has 1 amide bonds. The Balaban J connectivity index is 1.50. The maximum absolute atomic E-state index is 12.2. The van der Waals surface area contributed by atoms with Crippen LogP contribution in [0.1, 0.15) is 52.5 Å². The van der Waals surface area contributed by atoms with Crippen LogP contribution in [0.25, 0.3) is 5.57 Å². The van der Waals surface area contributed by atoms with E-state index in [9.17, 15) is 13.2 Å². The summed E-state index contributed by atoms with van der Waals surface area (Å²) in [4.78, 5) is 14.0. The summed E-state index contributed by atoms with van der Waals surface area (Å²) in [6, 6.07) is 8.03. The van der Waals surface area contributed by atoms with Gasteiger partial charge in [0.1, 0.15) is 11.4 Å². The number of rotatable bonds is 5. The van der Waals surface area contributed by atoms with Gasteiger partial charge in [-0.05, 0) is 76.1 Å². The lowest BCUT2D eigenvalue weighted by Gasteiger charge is -2.35. The Morgan fingerprint density at radius 2 is 1.72 bits per heavy atom. The molecule has 2 heterocycles. The van der Waals surface area contributed by atoms with E-state index in [1.54, 1.807) is 4.90 Å². The second-order valence-corrected chi connectivity index (χ2v) is 11.7. The normalized spacial score (nSPS) is 19.9. The summed E-state index contributed by atoms with van der Waals surface area (Å²) in [7, 11) is -3.14. The first kappa shape index (κ1) is 24.6. The number of piperidine rings is 1. The highest BCUT2D eigenvalue weighted by Gasteiger charge is 2.30. The zero-order chi connectivity index (χ0) is 23.5. The Labute approximate surface area is 192 Å². The standard InChI is InChI=1S/C24H36N2O5S/c1-18(19-10-14-25(15-11-19)23(27)31-24(2,3)4)30-22-8-6-20(7-9-22)21-12-16-26(17-13-21)32(5,28)29/h6-9,12,18-19H,10-11,13-17H2,1-5H3. The highest BCUT2D eigenvalue weighted by molar-refractivity contribution is 7.88. The number of nitrogens with zero attached hydrogens (tertiary/aromatic N) is 2. The van der Waals surface area contributed by atoms with Gasteiger partial charge in [0.25, 0.3) is 0 Å². The molecule has 1 aromatic carbocycles. The summed E-state index contributed by atoms with van der Waals surface area (Å²) in [5.41, 5.74) is 1.79. The van der Waals surface area contributed by atoms with Crippen LogP contribution < -0.4 is 4.74 Å². The Morgan fingerprint density at radius 1 is 1.09 bits per heavy atom. The lowest BCUT2D eigenvalue weighted by molar-refractivity contribution is 0.0121. The van der Waals surface area contributed by atoms with E-state index in [2.05, 4.69) is 6.92 Å². The van der Waals surface area contributed by atoms with Gasteiger partial charge in [0.15, 0.2) is 0 Å². The molecule has 8 heteroatoms. The number of carbonyl (C=O) groups is 1. The molecule has 1 unspecified atom stereocenters. The van der Waals surface area contributed by atoms with Gasteiger partial charge in [-0.2, -0.15) is 4.31 Å². The van der Waals surface area contributed by atoms with E-state index in [1.807, 2.05) is 51.1 Å². The minimum Gasteiger partial charge on any atom is -0.490 e. The Morgan fingerprint density at radius 3 is 2.22 bits per heavy atom. The Bertz CT molecular complexity index is 926. The van der Waals surface area contributed by atoms with Gasteiger partial charge in [-0.3, -0.25) is 0 Å². The molecular formula is C24H36N2O5S. The third-order valence-corrected chi connectivity index (χ3v) is 7.31. The van der Waals surface area contributed by atoms with Crippen molar-refractivity contribution in [3.63, 3.8) is 0 Å². The minimum atomic E-state index is -3.14. The van der Waals surface area contributed by atoms with Crippen molar-refractivity contribution in [3.8, 4) is 5.75 Å². The molecule has 0 spiro atoms. The van der Waals surface area contributed by atoms with Crippen LogP contribution in [0.5, 0.6) is 5.75 Å². The number of amides is 1.